The summed E-state index contributed by atoms with van der Waals surface area (Å²) in [6.07, 6.45) is 0.860. The maximum Gasteiger partial charge on any atom is 0.171 e. The number of anilines is 1. The number of rotatable bonds is 2. The molecule has 4 heteroatoms. The Labute approximate surface area is 149 Å². The summed E-state index contributed by atoms with van der Waals surface area (Å²) in [6, 6.07) is 14.7. The largest absolute Gasteiger partial charge is 0.487 e. The molecule has 0 fully saturated rings. The molecule has 2 aromatic rings. The lowest BCUT2D eigenvalue weighted by Crippen LogP contribution is -2.42. The number of thiocarbonyl (C=S) groups is 1. The summed E-state index contributed by atoms with van der Waals surface area (Å²) in [6.45, 7) is 8.39. The minimum absolute atomic E-state index is 0.133. The molecule has 2 aromatic carbocycles. The van der Waals surface area contributed by atoms with Crippen LogP contribution in [0.1, 0.15) is 43.0 Å². The molecule has 0 radical (unpaired) electrons. The monoisotopic (exact) mass is 340 g/mol. The molecule has 24 heavy (non-hydrogen) atoms. The molecule has 0 saturated heterocycles. The van der Waals surface area contributed by atoms with Crippen molar-refractivity contribution >= 4 is 23.0 Å². The van der Waals surface area contributed by atoms with Gasteiger partial charge in [0, 0.05) is 17.7 Å². The lowest BCUT2D eigenvalue weighted by molar-refractivity contribution is 0.0696. The molecule has 0 saturated carbocycles. The molecule has 3 rings (SSSR count). The van der Waals surface area contributed by atoms with Gasteiger partial charge in [-0.25, -0.2) is 0 Å². The van der Waals surface area contributed by atoms with Crippen LogP contribution in [0, 0.1) is 13.8 Å². The maximum absolute atomic E-state index is 6.11. The predicted molar refractivity (Wildman–Crippen MR) is 104 cm³/mol. The zero-order valence-corrected chi connectivity index (χ0v) is 15.5. The second-order valence-electron chi connectivity index (χ2n) is 7.12. The van der Waals surface area contributed by atoms with Gasteiger partial charge in [-0.3, -0.25) is 0 Å². The highest BCUT2D eigenvalue weighted by molar-refractivity contribution is 7.80. The van der Waals surface area contributed by atoms with Gasteiger partial charge in [-0.05, 0) is 58.1 Å². The van der Waals surface area contributed by atoms with Crippen molar-refractivity contribution in [3.8, 4) is 5.75 Å². The van der Waals surface area contributed by atoms with Gasteiger partial charge in [0.05, 0.1) is 6.04 Å². The maximum atomic E-state index is 6.11. The van der Waals surface area contributed by atoms with E-state index in [1.54, 1.807) is 0 Å². The molecule has 126 valence electrons. The molecule has 1 unspecified atom stereocenters. The molecule has 2 N–H and O–H groups in total. The van der Waals surface area contributed by atoms with Crippen LogP contribution in [-0.2, 0) is 0 Å². The van der Waals surface area contributed by atoms with E-state index in [0.29, 0.717) is 5.11 Å². The molecule has 1 heterocycles. The van der Waals surface area contributed by atoms with Crippen LogP contribution >= 0.6 is 12.2 Å². The van der Waals surface area contributed by atoms with Crippen molar-refractivity contribution in [2.75, 3.05) is 5.32 Å². The first-order valence-corrected chi connectivity index (χ1v) is 8.67. The first-order valence-electron chi connectivity index (χ1n) is 8.26. The molecule has 0 bridgehead atoms. The number of ether oxygens (including phenoxy) is 1. The zero-order valence-electron chi connectivity index (χ0n) is 14.6. The van der Waals surface area contributed by atoms with Crippen molar-refractivity contribution in [3.05, 3.63) is 59.2 Å². The van der Waals surface area contributed by atoms with Crippen LogP contribution in [0.2, 0.25) is 0 Å². The first kappa shape index (κ1) is 16.8. The standard InChI is InChI=1S/C20H24N2OS/c1-13-5-8-15(9-6-13)21-19(24)22-17-12-20(3,4)23-18-10-7-14(2)11-16(17)18/h5-11,17H,12H2,1-4H3,(H2,21,22,24). The zero-order chi connectivity index (χ0) is 17.3. The Kier molecular flexibility index (Phi) is 4.50. The summed E-state index contributed by atoms with van der Waals surface area (Å²) in [4.78, 5) is 0. The van der Waals surface area contributed by atoms with Gasteiger partial charge in [0.15, 0.2) is 5.11 Å². The smallest absolute Gasteiger partial charge is 0.171 e. The minimum atomic E-state index is -0.223. The van der Waals surface area contributed by atoms with Crippen LogP contribution in [0.3, 0.4) is 0 Å². The predicted octanol–water partition coefficient (Wildman–Crippen LogP) is 4.89. The van der Waals surface area contributed by atoms with E-state index in [4.69, 9.17) is 17.0 Å². The Hall–Kier alpha value is -2.07. The van der Waals surface area contributed by atoms with Gasteiger partial charge < -0.3 is 15.4 Å². The van der Waals surface area contributed by atoms with E-state index < -0.39 is 0 Å². The number of fused-ring (bicyclic) bond motifs is 1. The van der Waals surface area contributed by atoms with Gasteiger partial charge in [-0.15, -0.1) is 0 Å². The molecule has 1 aliphatic heterocycles. The number of benzene rings is 2. The van der Waals surface area contributed by atoms with Crippen LogP contribution < -0.4 is 15.4 Å². The fourth-order valence-electron chi connectivity index (χ4n) is 3.07. The second kappa shape index (κ2) is 6.44. The van der Waals surface area contributed by atoms with Gasteiger partial charge in [0.1, 0.15) is 11.4 Å². The normalized spacial score (nSPS) is 18.2. The molecular weight excluding hydrogens is 316 g/mol. The molecule has 3 nitrogen and oxygen atoms in total. The van der Waals surface area contributed by atoms with Gasteiger partial charge in [-0.2, -0.15) is 0 Å². The number of nitrogens with one attached hydrogen (secondary N) is 2. The summed E-state index contributed by atoms with van der Waals surface area (Å²) >= 11 is 5.52. The third-order valence-corrected chi connectivity index (χ3v) is 4.46. The number of hydrogen-bond donors (Lipinski definition) is 2. The van der Waals surface area contributed by atoms with Crippen molar-refractivity contribution in [2.45, 2.75) is 45.8 Å². The fraction of sp³-hybridized carbons (Fsp3) is 0.350. The topological polar surface area (TPSA) is 33.3 Å². The quantitative estimate of drug-likeness (QED) is 0.763. The minimum Gasteiger partial charge on any atom is -0.487 e. The third-order valence-electron chi connectivity index (χ3n) is 4.24. The average molecular weight is 340 g/mol. The molecular formula is C20H24N2OS. The number of aryl methyl sites for hydroxylation is 2. The summed E-state index contributed by atoms with van der Waals surface area (Å²) in [5.74, 6) is 0.937. The van der Waals surface area contributed by atoms with Gasteiger partial charge in [0.2, 0.25) is 0 Å². The van der Waals surface area contributed by atoms with Gasteiger partial charge >= 0.3 is 0 Å². The second-order valence-corrected chi connectivity index (χ2v) is 7.53. The van der Waals surface area contributed by atoms with Crippen molar-refractivity contribution in [3.63, 3.8) is 0 Å². The Bertz CT molecular complexity index is 753. The highest BCUT2D eigenvalue weighted by Gasteiger charge is 2.34. The Balaban J connectivity index is 1.77. The van der Waals surface area contributed by atoms with Crippen molar-refractivity contribution in [1.29, 1.82) is 0 Å². The molecule has 0 aliphatic carbocycles. The molecule has 0 aromatic heterocycles. The molecule has 0 amide bonds. The summed E-state index contributed by atoms with van der Waals surface area (Å²) in [7, 11) is 0. The van der Waals surface area contributed by atoms with E-state index in [-0.39, 0.29) is 11.6 Å². The van der Waals surface area contributed by atoms with Crippen LogP contribution in [0.25, 0.3) is 0 Å². The highest BCUT2D eigenvalue weighted by Crippen LogP contribution is 2.39. The van der Waals surface area contributed by atoms with E-state index >= 15 is 0 Å². The Morgan fingerprint density at radius 1 is 1.08 bits per heavy atom. The van der Waals surface area contributed by atoms with Crippen LogP contribution in [-0.4, -0.2) is 10.7 Å². The average Bonchev–Trinajstić information content (AvgIpc) is 2.49. The Morgan fingerprint density at radius 2 is 1.75 bits per heavy atom. The van der Waals surface area contributed by atoms with Crippen molar-refractivity contribution < 1.29 is 4.74 Å². The Morgan fingerprint density at radius 3 is 2.46 bits per heavy atom. The van der Waals surface area contributed by atoms with E-state index in [9.17, 15) is 0 Å². The van der Waals surface area contributed by atoms with Crippen molar-refractivity contribution in [1.82, 2.24) is 5.32 Å². The van der Waals surface area contributed by atoms with Gasteiger partial charge in [-0.1, -0.05) is 35.4 Å². The molecule has 1 aliphatic rings. The summed E-state index contributed by atoms with van der Waals surface area (Å²) in [5, 5.41) is 7.36. The highest BCUT2D eigenvalue weighted by atomic mass is 32.1. The third kappa shape index (κ3) is 3.88. The SMILES string of the molecule is Cc1ccc(NC(=S)NC2CC(C)(C)Oc3ccc(C)cc32)cc1. The van der Waals surface area contributed by atoms with E-state index in [2.05, 4.69) is 68.7 Å². The molecule has 0 spiro atoms. The summed E-state index contributed by atoms with van der Waals surface area (Å²) in [5.41, 5.74) is 4.40. The van der Waals surface area contributed by atoms with E-state index in [1.165, 1.54) is 16.7 Å². The van der Waals surface area contributed by atoms with Crippen LogP contribution in [0.4, 0.5) is 5.69 Å². The van der Waals surface area contributed by atoms with Crippen molar-refractivity contribution in [2.24, 2.45) is 0 Å². The van der Waals surface area contributed by atoms with Crippen LogP contribution in [0.5, 0.6) is 5.75 Å². The summed E-state index contributed by atoms with van der Waals surface area (Å²) < 4.78 is 6.11. The number of hydrogen-bond acceptors (Lipinski definition) is 2. The van der Waals surface area contributed by atoms with E-state index in [1.807, 2.05) is 12.1 Å². The lowest BCUT2D eigenvalue weighted by Gasteiger charge is -2.38. The van der Waals surface area contributed by atoms with Crippen LogP contribution in [0.15, 0.2) is 42.5 Å². The van der Waals surface area contributed by atoms with Gasteiger partial charge in [0.25, 0.3) is 0 Å². The van der Waals surface area contributed by atoms with E-state index in [0.717, 1.165) is 17.9 Å². The first-order chi connectivity index (χ1) is 11.3. The molecule has 1 atom stereocenters. The fourth-order valence-corrected chi connectivity index (χ4v) is 3.33. The lowest BCUT2D eigenvalue weighted by atomic mass is 9.89.